The van der Waals surface area contributed by atoms with E-state index in [0.717, 1.165) is 18.8 Å². The average Bonchev–Trinajstić information content (AvgIpc) is 2.49. The first-order valence-corrected chi connectivity index (χ1v) is 7.70. The number of hydrogen-bond donors (Lipinski definition) is 1. The van der Waals surface area contributed by atoms with Crippen LogP contribution < -0.4 is 10.2 Å². The minimum absolute atomic E-state index is 0.0359. The number of hydrogen-bond acceptors (Lipinski definition) is 4. The van der Waals surface area contributed by atoms with Crippen LogP contribution in [0.4, 0.5) is 5.82 Å². The summed E-state index contributed by atoms with van der Waals surface area (Å²) >= 11 is 0. The smallest absolute Gasteiger partial charge is 0.252 e. The van der Waals surface area contributed by atoms with Crippen LogP contribution in [0.25, 0.3) is 0 Å². The van der Waals surface area contributed by atoms with E-state index in [1.54, 1.807) is 6.20 Å². The molecule has 0 aliphatic carbocycles. The molecule has 1 N–H and O–H groups in total. The fourth-order valence-corrected chi connectivity index (χ4v) is 2.75. The summed E-state index contributed by atoms with van der Waals surface area (Å²) in [5, 5.41) is 3.00. The van der Waals surface area contributed by atoms with Crippen molar-refractivity contribution in [2.24, 2.45) is 0 Å². The van der Waals surface area contributed by atoms with Gasteiger partial charge >= 0.3 is 0 Å². The van der Waals surface area contributed by atoms with Crippen LogP contribution in [0.5, 0.6) is 0 Å². The maximum absolute atomic E-state index is 12.1. The SMILES string of the molecule is CN(C)c1ccc(C(=O)NCC[C@H]2CCCCN2C)cn1. The predicted molar refractivity (Wildman–Crippen MR) is 85.8 cm³/mol. The quantitative estimate of drug-likeness (QED) is 0.897. The molecule has 0 unspecified atom stereocenters. The number of carbonyl (C=O) groups excluding carboxylic acids is 1. The average molecular weight is 290 g/mol. The van der Waals surface area contributed by atoms with Gasteiger partial charge in [-0.2, -0.15) is 0 Å². The molecule has 0 aromatic carbocycles. The summed E-state index contributed by atoms with van der Waals surface area (Å²) in [5.74, 6) is 0.821. The van der Waals surface area contributed by atoms with Gasteiger partial charge in [0.15, 0.2) is 0 Å². The summed E-state index contributed by atoms with van der Waals surface area (Å²) in [4.78, 5) is 20.7. The van der Waals surface area contributed by atoms with Gasteiger partial charge in [-0.25, -0.2) is 4.98 Å². The van der Waals surface area contributed by atoms with Crippen LogP contribution in [0, 0.1) is 0 Å². The van der Waals surface area contributed by atoms with E-state index in [1.165, 1.54) is 25.8 Å². The zero-order valence-corrected chi connectivity index (χ0v) is 13.3. The first-order chi connectivity index (χ1) is 10.1. The Morgan fingerprint density at radius 1 is 1.43 bits per heavy atom. The maximum Gasteiger partial charge on any atom is 0.252 e. The molecule has 0 saturated carbocycles. The van der Waals surface area contributed by atoms with Crippen LogP contribution >= 0.6 is 0 Å². The lowest BCUT2D eigenvalue weighted by atomic mass is 10.0. The Labute approximate surface area is 127 Å². The summed E-state index contributed by atoms with van der Waals surface area (Å²) in [6, 6.07) is 4.29. The highest BCUT2D eigenvalue weighted by atomic mass is 16.1. The third-order valence-corrected chi connectivity index (χ3v) is 4.15. The highest BCUT2D eigenvalue weighted by Gasteiger charge is 2.18. The van der Waals surface area contributed by atoms with E-state index in [9.17, 15) is 4.79 Å². The normalized spacial score (nSPS) is 19.3. The molecule has 1 aromatic rings. The van der Waals surface area contributed by atoms with E-state index in [2.05, 4.69) is 22.2 Å². The van der Waals surface area contributed by atoms with Crippen molar-refractivity contribution < 1.29 is 4.79 Å². The molecule has 5 heteroatoms. The van der Waals surface area contributed by atoms with E-state index in [1.807, 2.05) is 31.1 Å². The van der Waals surface area contributed by atoms with Crippen LogP contribution in [0.15, 0.2) is 18.3 Å². The van der Waals surface area contributed by atoms with Crippen molar-refractivity contribution in [1.29, 1.82) is 0 Å². The molecule has 1 fully saturated rings. The van der Waals surface area contributed by atoms with Crippen LogP contribution in [-0.4, -0.2) is 56.1 Å². The number of piperidine rings is 1. The van der Waals surface area contributed by atoms with Gasteiger partial charge < -0.3 is 15.1 Å². The fraction of sp³-hybridized carbons (Fsp3) is 0.625. The van der Waals surface area contributed by atoms with Crippen molar-refractivity contribution in [3.63, 3.8) is 0 Å². The van der Waals surface area contributed by atoms with Crippen molar-refractivity contribution in [3.8, 4) is 0 Å². The summed E-state index contributed by atoms with van der Waals surface area (Å²) in [6.45, 7) is 1.90. The molecule has 0 radical (unpaired) electrons. The zero-order valence-electron chi connectivity index (χ0n) is 13.3. The van der Waals surface area contributed by atoms with Crippen molar-refractivity contribution >= 4 is 11.7 Å². The highest BCUT2D eigenvalue weighted by molar-refractivity contribution is 5.94. The second-order valence-electron chi connectivity index (χ2n) is 5.97. The first-order valence-electron chi connectivity index (χ1n) is 7.70. The van der Waals surface area contributed by atoms with Gasteiger partial charge in [0.2, 0.25) is 0 Å². The van der Waals surface area contributed by atoms with Gasteiger partial charge in [-0.3, -0.25) is 4.79 Å². The number of anilines is 1. The molecular formula is C16H26N4O. The second kappa shape index (κ2) is 7.41. The van der Waals surface area contributed by atoms with Crippen molar-refractivity contribution in [1.82, 2.24) is 15.2 Å². The number of nitrogens with one attached hydrogen (secondary N) is 1. The monoisotopic (exact) mass is 290 g/mol. The molecule has 1 aromatic heterocycles. The lowest BCUT2D eigenvalue weighted by molar-refractivity contribution is 0.0945. The Balaban J connectivity index is 1.78. The van der Waals surface area contributed by atoms with Gasteiger partial charge in [0.1, 0.15) is 5.82 Å². The molecule has 1 aliphatic heterocycles. The number of amides is 1. The lowest BCUT2D eigenvalue weighted by Crippen LogP contribution is -2.39. The van der Waals surface area contributed by atoms with Crippen LogP contribution in [0.2, 0.25) is 0 Å². The second-order valence-corrected chi connectivity index (χ2v) is 5.97. The van der Waals surface area contributed by atoms with Crippen molar-refractivity contribution in [2.75, 3.05) is 39.1 Å². The number of likely N-dealkylation sites (tertiary alicyclic amines) is 1. The minimum atomic E-state index is -0.0359. The molecule has 1 aliphatic rings. The van der Waals surface area contributed by atoms with E-state index in [-0.39, 0.29) is 5.91 Å². The Morgan fingerprint density at radius 3 is 2.86 bits per heavy atom. The van der Waals surface area contributed by atoms with Gasteiger partial charge in [0.25, 0.3) is 5.91 Å². The molecule has 21 heavy (non-hydrogen) atoms. The van der Waals surface area contributed by atoms with E-state index >= 15 is 0 Å². The number of aromatic nitrogens is 1. The predicted octanol–water partition coefficient (Wildman–Crippen LogP) is 1.75. The van der Waals surface area contributed by atoms with E-state index < -0.39 is 0 Å². The van der Waals surface area contributed by atoms with Crippen molar-refractivity contribution in [3.05, 3.63) is 23.9 Å². The highest BCUT2D eigenvalue weighted by Crippen LogP contribution is 2.17. The van der Waals surface area contributed by atoms with Crippen LogP contribution in [0.1, 0.15) is 36.0 Å². The molecule has 0 bridgehead atoms. The fourth-order valence-electron chi connectivity index (χ4n) is 2.75. The van der Waals surface area contributed by atoms with Crippen LogP contribution in [-0.2, 0) is 0 Å². The molecule has 0 spiro atoms. The first kappa shape index (κ1) is 15.8. The Morgan fingerprint density at radius 2 is 2.24 bits per heavy atom. The molecule has 2 heterocycles. The van der Waals surface area contributed by atoms with Gasteiger partial charge in [-0.05, 0) is 45.0 Å². The molecule has 5 nitrogen and oxygen atoms in total. The summed E-state index contributed by atoms with van der Waals surface area (Å²) in [7, 11) is 6.04. The zero-order chi connectivity index (χ0) is 15.2. The molecule has 1 saturated heterocycles. The van der Waals surface area contributed by atoms with Crippen LogP contribution in [0.3, 0.4) is 0 Å². The number of pyridine rings is 1. The van der Waals surface area contributed by atoms with E-state index in [0.29, 0.717) is 11.6 Å². The number of rotatable bonds is 5. The number of carbonyl (C=O) groups is 1. The lowest BCUT2D eigenvalue weighted by Gasteiger charge is -2.32. The molecule has 1 amide bonds. The third kappa shape index (κ3) is 4.43. The third-order valence-electron chi connectivity index (χ3n) is 4.15. The van der Waals surface area contributed by atoms with Gasteiger partial charge in [0.05, 0.1) is 5.56 Å². The Bertz CT molecular complexity index is 458. The summed E-state index contributed by atoms with van der Waals surface area (Å²) in [6.07, 6.45) is 6.50. The largest absolute Gasteiger partial charge is 0.363 e. The maximum atomic E-state index is 12.1. The van der Waals surface area contributed by atoms with Gasteiger partial charge in [-0.15, -0.1) is 0 Å². The van der Waals surface area contributed by atoms with Gasteiger partial charge in [-0.1, -0.05) is 6.42 Å². The van der Waals surface area contributed by atoms with Crippen molar-refractivity contribution in [2.45, 2.75) is 31.7 Å². The molecule has 1 atom stereocenters. The topological polar surface area (TPSA) is 48.5 Å². The Hall–Kier alpha value is -1.62. The van der Waals surface area contributed by atoms with Gasteiger partial charge in [0, 0.05) is 32.9 Å². The van der Waals surface area contributed by atoms with E-state index in [4.69, 9.17) is 0 Å². The Kier molecular flexibility index (Phi) is 5.56. The standard InChI is InChI=1S/C16H26N4O/c1-19(2)15-8-7-13(12-18-15)16(21)17-10-9-14-6-4-5-11-20(14)3/h7-8,12,14H,4-6,9-11H2,1-3H3,(H,17,21)/t14-/m1/s1. The molecule has 2 rings (SSSR count). The summed E-state index contributed by atoms with van der Waals surface area (Å²) < 4.78 is 0. The summed E-state index contributed by atoms with van der Waals surface area (Å²) in [5.41, 5.74) is 0.623. The molecular weight excluding hydrogens is 264 g/mol. The number of nitrogens with zero attached hydrogens (tertiary/aromatic N) is 3. The molecule has 116 valence electrons. The minimum Gasteiger partial charge on any atom is -0.363 e.